The molecule has 0 saturated carbocycles. The number of carbonyl (C=O) groups is 1. The van der Waals surface area contributed by atoms with E-state index in [9.17, 15) is 4.79 Å². The molecule has 2 heterocycles. The minimum absolute atomic E-state index is 0.227. The molecule has 1 amide bonds. The highest BCUT2D eigenvalue weighted by Crippen LogP contribution is 2.26. The number of amides is 1. The van der Waals surface area contributed by atoms with Gasteiger partial charge in [0.1, 0.15) is 11.6 Å². The van der Waals surface area contributed by atoms with E-state index in [1.165, 1.54) is 16.9 Å². The Balaban J connectivity index is 1.96. The van der Waals surface area contributed by atoms with Gasteiger partial charge in [0.25, 0.3) is 5.91 Å². The molecule has 24 heavy (non-hydrogen) atoms. The zero-order valence-corrected chi connectivity index (χ0v) is 14.8. The van der Waals surface area contributed by atoms with E-state index in [0.717, 1.165) is 15.7 Å². The molecule has 3 N–H and O–H groups in total. The van der Waals surface area contributed by atoms with E-state index in [-0.39, 0.29) is 11.7 Å². The van der Waals surface area contributed by atoms with Crippen LogP contribution in [0.25, 0.3) is 0 Å². The fraction of sp³-hybridized carbons (Fsp3) is 0.222. The Hall–Kier alpha value is -2.60. The zero-order valence-electron chi connectivity index (χ0n) is 14.0. The maximum atomic E-state index is 12.1. The maximum absolute atomic E-state index is 12.1. The Labute approximate surface area is 145 Å². The molecule has 2 rings (SSSR count). The first-order valence-electron chi connectivity index (χ1n) is 7.56. The number of nitrogens with one attached hydrogen (secondary N) is 1. The summed E-state index contributed by atoms with van der Waals surface area (Å²) in [7, 11) is 0. The molecule has 0 fully saturated rings. The van der Waals surface area contributed by atoms with Gasteiger partial charge >= 0.3 is 0 Å². The third-order valence-corrected chi connectivity index (χ3v) is 4.04. The predicted octanol–water partition coefficient (Wildman–Crippen LogP) is 3.90. The van der Waals surface area contributed by atoms with Crippen molar-refractivity contribution >= 4 is 23.1 Å². The maximum Gasteiger partial charge on any atom is 0.255 e. The quantitative estimate of drug-likeness (QED) is 0.616. The molecule has 0 aliphatic rings. The van der Waals surface area contributed by atoms with Gasteiger partial charge < -0.3 is 15.8 Å². The van der Waals surface area contributed by atoms with E-state index >= 15 is 0 Å². The lowest BCUT2D eigenvalue weighted by atomic mass is 10.2. The standard InChI is InChI=1S/C18H21N3O2S/c1-4-13(10-12(2)3)23-16-8-7-14(24-16)11-21-18(22)15-6-5-9-20-17(15)19/h4-10H,11H2,1-3H3,(H2,19,20)(H,21,22)/b13-4+. The normalized spacial score (nSPS) is 11.0. The molecule has 6 heteroatoms. The van der Waals surface area contributed by atoms with E-state index in [2.05, 4.69) is 10.3 Å². The van der Waals surface area contributed by atoms with Crippen molar-refractivity contribution in [1.29, 1.82) is 0 Å². The van der Waals surface area contributed by atoms with Gasteiger partial charge in [-0.2, -0.15) is 0 Å². The number of nitrogen functional groups attached to an aromatic ring is 1. The summed E-state index contributed by atoms with van der Waals surface area (Å²) in [6, 6.07) is 7.16. The van der Waals surface area contributed by atoms with Gasteiger partial charge in [0.2, 0.25) is 0 Å². The summed E-state index contributed by atoms with van der Waals surface area (Å²) >= 11 is 1.49. The van der Waals surface area contributed by atoms with E-state index in [1.54, 1.807) is 18.3 Å². The molecule has 5 nitrogen and oxygen atoms in total. The third-order valence-electron chi connectivity index (χ3n) is 3.08. The number of rotatable bonds is 6. The summed E-state index contributed by atoms with van der Waals surface area (Å²) in [4.78, 5) is 17.0. The van der Waals surface area contributed by atoms with Crippen LogP contribution in [0.3, 0.4) is 0 Å². The molecule has 0 aromatic carbocycles. The first-order chi connectivity index (χ1) is 11.5. The molecule has 2 aromatic heterocycles. The highest BCUT2D eigenvalue weighted by Gasteiger charge is 2.10. The molecule has 2 aromatic rings. The van der Waals surface area contributed by atoms with Gasteiger partial charge in [-0.15, -0.1) is 11.3 Å². The fourth-order valence-electron chi connectivity index (χ4n) is 1.95. The van der Waals surface area contributed by atoms with E-state index in [4.69, 9.17) is 10.5 Å². The van der Waals surface area contributed by atoms with Crippen molar-refractivity contribution < 1.29 is 9.53 Å². The minimum atomic E-state index is -0.241. The topological polar surface area (TPSA) is 77.2 Å². The summed E-state index contributed by atoms with van der Waals surface area (Å²) in [6.07, 6.45) is 5.45. The average Bonchev–Trinajstić information content (AvgIpc) is 2.99. The highest BCUT2D eigenvalue weighted by molar-refractivity contribution is 7.13. The molecule has 0 unspecified atom stereocenters. The Morgan fingerprint density at radius 2 is 2.17 bits per heavy atom. The SMILES string of the molecule is C/C=C(\C=C(C)C)Oc1ccc(CNC(=O)c2cccnc2N)s1. The molecule has 0 atom stereocenters. The Kier molecular flexibility index (Phi) is 6.14. The summed E-state index contributed by atoms with van der Waals surface area (Å²) in [5.74, 6) is 0.787. The smallest absolute Gasteiger partial charge is 0.255 e. The van der Waals surface area contributed by atoms with Gasteiger partial charge in [0.15, 0.2) is 5.06 Å². The molecule has 0 radical (unpaired) electrons. The van der Waals surface area contributed by atoms with Gasteiger partial charge in [-0.3, -0.25) is 4.79 Å². The Morgan fingerprint density at radius 3 is 2.83 bits per heavy atom. The number of hydrogen-bond acceptors (Lipinski definition) is 5. The van der Waals surface area contributed by atoms with Crippen molar-refractivity contribution in [3.63, 3.8) is 0 Å². The van der Waals surface area contributed by atoms with Crippen LogP contribution in [-0.2, 0) is 6.54 Å². The largest absolute Gasteiger partial charge is 0.447 e. The first-order valence-corrected chi connectivity index (χ1v) is 8.37. The molecule has 0 saturated heterocycles. The fourth-order valence-corrected chi connectivity index (χ4v) is 2.77. The van der Waals surface area contributed by atoms with Gasteiger partial charge in [0.05, 0.1) is 12.1 Å². The summed E-state index contributed by atoms with van der Waals surface area (Å²) in [5.41, 5.74) is 7.25. The number of hydrogen-bond donors (Lipinski definition) is 2. The van der Waals surface area contributed by atoms with Crippen molar-refractivity contribution in [3.8, 4) is 5.06 Å². The highest BCUT2D eigenvalue weighted by atomic mass is 32.1. The Morgan fingerprint density at radius 1 is 1.38 bits per heavy atom. The predicted molar refractivity (Wildman–Crippen MR) is 98.0 cm³/mol. The molecule has 0 aliphatic heterocycles. The first kappa shape index (κ1) is 17.7. The van der Waals surface area contributed by atoms with Crippen molar-refractivity contribution in [3.05, 3.63) is 64.4 Å². The van der Waals surface area contributed by atoms with Crippen LogP contribution in [0.4, 0.5) is 5.82 Å². The second-order valence-corrected chi connectivity index (χ2v) is 6.49. The lowest BCUT2D eigenvalue weighted by Gasteiger charge is -2.05. The number of thiophene rings is 1. The van der Waals surface area contributed by atoms with Crippen molar-refractivity contribution in [2.45, 2.75) is 27.3 Å². The van der Waals surface area contributed by atoms with Crippen LogP contribution in [0.5, 0.6) is 5.06 Å². The summed E-state index contributed by atoms with van der Waals surface area (Å²) < 4.78 is 5.83. The van der Waals surface area contributed by atoms with Crippen LogP contribution < -0.4 is 15.8 Å². The van der Waals surface area contributed by atoms with Crippen molar-refractivity contribution in [2.24, 2.45) is 0 Å². The summed E-state index contributed by atoms with van der Waals surface area (Å²) in [5, 5.41) is 3.62. The number of ether oxygens (including phenoxy) is 1. The van der Waals surface area contributed by atoms with Crippen LogP contribution >= 0.6 is 11.3 Å². The number of carbonyl (C=O) groups excluding carboxylic acids is 1. The lowest BCUT2D eigenvalue weighted by Crippen LogP contribution is -2.23. The number of aromatic nitrogens is 1. The average molecular weight is 343 g/mol. The zero-order chi connectivity index (χ0) is 17.5. The van der Waals surface area contributed by atoms with Gasteiger partial charge in [-0.1, -0.05) is 5.57 Å². The molecule has 0 spiro atoms. The molecular formula is C18H21N3O2S. The monoisotopic (exact) mass is 343 g/mol. The van der Waals surface area contributed by atoms with Gasteiger partial charge in [-0.05, 0) is 57.2 Å². The van der Waals surface area contributed by atoms with Crippen LogP contribution in [-0.4, -0.2) is 10.9 Å². The van der Waals surface area contributed by atoms with Gasteiger partial charge in [0, 0.05) is 11.1 Å². The van der Waals surface area contributed by atoms with E-state index in [1.807, 2.05) is 45.1 Å². The van der Waals surface area contributed by atoms with Crippen LogP contribution in [0, 0.1) is 0 Å². The van der Waals surface area contributed by atoms with Crippen molar-refractivity contribution in [1.82, 2.24) is 10.3 Å². The van der Waals surface area contributed by atoms with Crippen molar-refractivity contribution in [2.75, 3.05) is 5.73 Å². The minimum Gasteiger partial charge on any atom is -0.447 e. The number of pyridine rings is 1. The van der Waals surface area contributed by atoms with Gasteiger partial charge in [-0.25, -0.2) is 4.98 Å². The second kappa shape index (κ2) is 8.31. The lowest BCUT2D eigenvalue weighted by molar-refractivity contribution is 0.0952. The number of nitrogens with two attached hydrogens (primary N) is 1. The van der Waals surface area contributed by atoms with Crippen LogP contribution in [0.2, 0.25) is 0 Å². The Bertz CT molecular complexity index is 774. The molecule has 0 aliphatic carbocycles. The number of nitrogens with zero attached hydrogens (tertiary/aromatic N) is 1. The third kappa shape index (κ3) is 4.96. The number of allylic oxidation sites excluding steroid dienone is 3. The molecular weight excluding hydrogens is 322 g/mol. The number of anilines is 1. The van der Waals surface area contributed by atoms with E-state index in [0.29, 0.717) is 12.1 Å². The molecule has 126 valence electrons. The van der Waals surface area contributed by atoms with E-state index < -0.39 is 0 Å². The van der Waals surface area contributed by atoms with Crippen LogP contribution in [0.1, 0.15) is 36.0 Å². The van der Waals surface area contributed by atoms with Crippen LogP contribution in [0.15, 0.2) is 53.9 Å². The summed E-state index contributed by atoms with van der Waals surface area (Å²) in [6.45, 7) is 6.38. The second-order valence-electron chi connectivity index (χ2n) is 5.35. The molecule has 0 bridgehead atoms.